The predicted octanol–water partition coefficient (Wildman–Crippen LogP) is 2.96. The van der Waals surface area contributed by atoms with Gasteiger partial charge in [0.25, 0.3) is 15.9 Å². The topological polar surface area (TPSA) is 78.5 Å². The van der Waals surface area contributed by atoms with Gasteiger partial charge in [-0.1, -0.05) is 17.7 Å². The maximum absolute atomic E-state index is 12.6. The van der Waals surface area contributed by atoms with Gasteiger partial charge in [0.2, 0.25) is 0 Å². The van der Waals surface area contributed by atoms with Gasteiger partial charge >= 0.3 is 0 Å². The summed E-state index contributed by atoms with van der Waals surface area (Å²) in [5.41, 5.74) is 0.730. The van der Waals surface area contributed by atoms with Gasteiger partial charge in [-0.15, -0.1) is 0 Å². The number of rotatable bonds is 5. The fraction of sp³-hybridized carbons (Fsp3) is 0.316. The number of anilines is 1. The zero-order valence-corrected chi connectivity index (χ0v) is 16.6. The lowest BCUT2D eigenvalue weighted by molar-refractivity contribution is 0.0916. The Labute approximate surface area is 164 Å². The number of hydrogen-bond acceptors (Lipinski definition) is 4. The third-order valence-electron chi connectivity index (χ3n) is 4.56. The van der Waals surface area contributed by atoms with Crippen LogP contribution in [0, 0.1) is 0 Å². The first-order valence-electron chi connectivity index (χ1n) is 8.71. The van der Waals surface area contributed by atoms with Crippen LogP contribution in [0.2, 0.25) is 5.02 Å². The summed E-state index contributed by atoms with van der Waals surface area (Å²) in [6, 6.07) is 12.5. The normalized spacial score (nSPS) is 16.1. The molecule has 144 valence electrons. The molecule has 0 bridgehead atoms. The largest absolute Gasteiger partial charge is 0.349 e. The molecule has 0 saturated carbocycles. The molecule has 0 aliphatic carbocycles. The molecule has 2 N–H and O–H groups in total. The van der Waals surface area contributed by atoms with Crippen LogP contribution < -0.4 is 10.0 Å². The number of carbonyl (C=O) groups excluding carboxylic acids is 1. The van der Waals surface area contributed by atoms with Gasteiger partial charge in [0.1, 0.15) is 0 Å². The van der Waals surface area contributed by atoms with Crippen LogP contribution in [0.15, 0.2) is 53.4 Å². The van der Waals surface area contributed by atoms with Crippen LogP contribution in [-0.2, 0) is 10.0 Å². The molecule has 27 heavy (non-hydrogen) atoms. The van der Waals surface area contributed by atoms with E-state index >= 15 is 0 Å². The Balaban J connectivity index is 1.72. The Hall–Kier alpha value is -2.09. The van der Waals surface area contributed by atoms with Gasteiger partial charge in [-0.2, -0.15) is 0 Å². The van der Waals surface area contributed by atoms with Gasteiger partial charge in [-0.05, 0) is 75.4 Å². The van der Waals surface area contributed by atoms with Gasteiger partial charge in [0.05, 0.1) is 4.90 Å². The molecule has 0 atom stereocenters. The number of nitrogens with zero attached hydrogens (tertiary/aromatic N) is 1. The van der Waals surface area contributed by atoms with Crippen LogP contribution in [0.4, 0.5) is 5.69 Å². The Kier molecular flexibility index (Phi) is 6.04. The molecule has 1 amide bonds. The third kappa shape index (κ3) is 5.22. The number of amides is 1. The minimum absolute atomic E-state index is 0.0356. The fourth-order valence-corrected chi connectivity index (χ4v) is 4.19. The first-order valence-corrected chi connectivity index (χ1v) is 10.6. The van der Waals surface area contributed by atoms with Crippen molar-refractivity contribution < 1.29 is 13.2 Å². The Morgan fingerprint density at radius 1 is 1.11 bits per heavy atom. The van der Waals surface area contributed by atoms with Crippen LogP contribution in [0.25, 0.3) is 0 Å². The van der Waals surface area contributed by atoms with Gasteiger partial charge in [-0.25, -0.2) is 8.42 Å². The summed E-state index contributed by atoms with van der Waals surface area (Å²) in [5.74, 6) is -0.256. The number of likely N-dealkylation sites (tertiary alicyclic amines) is 1. The predicted molar refractivity (Wildman–Crippen MR) is 107 cm³/mol. The van der Waals surface area contributed by atoms with Crippen molar-refractivity contribution in [3.63, 3.8) is 0 Å². The number of carbonyl (C=O) groups is 1. The lowest BCUT2D eigenvalue weighted by Crippen LogP contribution is -2.43. The molecule has 0 spiro atoms. The van der Waals surface area contributed by atoms with E-state index in [1.165, 1.54) is 12.1 Å². The summed E-state index contributed by atoms with van der Waals surface area (Å²) in [6.45, 7) is 1.87. The van der Waals surface area contributed by atoms with Gasteiger partial charge in [0, 0.05) is 22.3 Å². The molecule has 2 aromatic carbocycles. The average molecular weight is 408 g/mol. The summed E-state index contributed by atoms with van der Waals surface area (Å²) in [4.78, 5) is 14.8. The smallest absolute Gasteiger partial charge is 0.261 e. The second-order valence-electron chi connectivity index (χ2n) is 6.69. The fourth-order valence-electron chi connectivity index (χ4n) is 2.96. The van der Waals surface area contributed by atoms with E-state index in [4.69, 9.17) is 11.6 Å². The van der Waals surface area contributed by atoms with E-state index in [0.29, 0.717) is 16.3 Å². The monoisotopic (exact) mass is 407 g/mol. The van der Waals surface area contributed by atoms with E-state index < -0.39 is 10.0 Å². The lowest BCUT2D eigenvalue weighted by Gasteiger charge is -2.29. The summed E-state index contributed by atoms with van der Waals surface area (Å²) in [7, 11) is -1.75. The van der Waals surface area contributed by atoms with E-state index in [0.717, 1.165) is 25.9 Å². The first kappa shape index (κ1) is 19.7. The number of hydrogen-bond donors (Lipinski definition) is 2. The molecule has 1 heterocycles. The molecule has 1 aliphatic rings. The van der Waals surface area contributed by atoms with Crippen molar-refractivity contribution in [3.8, 4) is 0 Å². The molecule has 0 radical (unpaired) electrons. The zero-order chi connectivity index (χ0) is 19.4. The quantitative estimate of drug-likeness (QED) is 0.798. The third-order valence-corrected chi connectivity index (χ3v) is 6.19. The molecule has 1 saturated heterocycles. The van der Waals surface area contributed by atoms with E-state index in [9.17, 15) is 13.2 Å². The first-order chi connectivity index (χ1) is 12.8. The average Bonchev–Trinajstić information content (AvgIpc) is 2.65. The van der Waals surface area contributed by atoms with Crippen molar-refractivity contribution in [1.82, 2.24) is 10.2 Å². The maximum Gasteiger partial charge on any atom is 0.261 e. The van der Waals surface area contributed by atoms with Crippen LogP contribution in [0.3, 0.4) is 0 Å². The van der Waals surface area contributed by atoms with Crippen molar-refractivity contribution in [2.24, 2.45) is 0 Å². The van der Waals surface area contributed by atoms with E-state index in [1.54, 1.807) is 36.4 Å². The van der Waals surface area contributed by atoms with E-state index in [2.05, 4.69) is 22.0 Å². The van der Waals surface area contributed by atoms with Crippen molar-refractivity contribution >= 4 is 33.2 Å². The van der Waals surface area contributed by atoms with Crippen molar-refractivity contribution in [2.75, 3.05) is 24.9 Å². The standard InChI is InChI=1S/C19H22ClN3O3S/c1-23-11-9-16(10-12-23)21-19(24)14-3-2-4-18(13-14)27(25,26)22-17-7-5-15(20)6-8-17/h2-8,13,16,22H,9-12H2,1H3,(H,21,24). The van der Waals surface area contributed by atoms with E-state index in [-0.39, 0.29) is 16.8 Å². The molecule has 1 fully saturated rings. The van der Waals surface area contributed by atoms with Crippen LogP contribution in [0.1, 0.15) is 23.2 Å². The van der Waals surface area contributed by atoms with Gasteiger partial charge in [-0.3, -0.25) is 9.52 Å². The minimum atomic E-state index is -3.80. The van der Waals surface area contributed by atoms with Gasteiger partial charge < -0.3 is 10.2 Å². The molecule has 3 rings (SSSR count). The summed E-state index contributed by atoms with van der Waals surface area (Å²) in [5, 5.41) is 3.51. The molecular weight excluding hydrogens is 386 g/mol. The number of sulfonamides is 1. The second kappa shape index (κ2) is 8.29. The number of halogens is 1. The number of benzene rings is 2. The Morgan fingerprint density at radius 3 is 2.44 bits per heavy atom. The van der Waals surface area contributed by atoms with Crippen molar-refractivity contribution in [1.29, 1.82) is 0 Å². The van der Waals surface area contributed by atoms with Gasteiger partial charge in [0.15, 0.2) is 0 Å². The van der Waals surface area contributed by atoms with Crippen molar-refractivity contribution in [3.05, 3.63) is 59.1 Å². The zero-order valence-electron chi connectivity index (χ0n) is 15.0. The molecular formula is C19H22ClN3O3S. The van der Waals surface area contributed by atoms with E-state index in [1.807, 2.05) is 0 Å². The Morgan fingerprint density at radius 2 is 1.78 bits per heavy atom. The highest BCUT2D eigenvalue weighted by atomic mass is 35.5. The maximum atomic E-state index is 12.6. The molecule has 1 aliphatic heterocycles. The highest BCUT2D eigenvalue weighted by molar-refractivity contribution is 7.92. The van der Waals surface area contributed by atoms with Crippen molar-refractivity contribution in [2.45, 2.75) is 23.8 Å². The molecule has 0 aromatic heterocycles. The van der Waals surface area contributed by atoms with Crippen LogP contribution in [-0.4, -0.2) is 45.4 Å². The minimum Gasteiger partial charge on any atom is -0.349 e. The van der Waals surface area contributed by atoms with Crippen LogP contribution >= 0.6 is 11.6 Å². The van der Waals surface area contributed by atoms with Crippen LogP contribution in [0.5, 0.6) is 0 Å². The highest BCUT2D eigenvalue weighted by Crippen LogP contribution is 2.19. The summed E-state index contributed by atoms with van der Waals surface area (Å²) in [6.07, 6.45) is 1.77. The lowest BCUT2D eigenvalue weighted by atomic mass is 10.0. The SMILES string of the molecule is CN1CCC(NC(=O)c2cccc(S(=O)(=O)Nc3ccc(Cl)cc3)c2)CC1. The number of nitrogens with one attached hydrogen (secondary N) is 2. The highest BCUT2D eigenvalue weighted by Gasteiger charge is 2.21. The molecule has 2 aromatic rings. The number of piperidine rings is 1. The molecule has 8 heteroatoms. The molecule has 0 unspecified atom stereocenters. The second-order valence-corrected chi connectivity index (χ2v) is 8.81. The molecule has 6 nitrogen and oxygen atoms in total. The summed E-state index contributed by atoms with van der Waals surface area (Å²) < 4.78 is 27.7. The Bertz CT molecular complexity index is 908. The summed E-state index contributed by atoms with van der Waals surface area (Å²) >= 11 is 5.82.